The van der Waals surface area contributed by atoms with Crippen LogP contribution in [0.25, 0.3) is 0 Å². The molecule has 0 aromatic carbocycles. The lowest BCUT2D eigenvalue weighted by Gasteiger charge is -2.28. The number of carbonyl (C=O) groups excluding carboxylic acids is 2. The van der Waals surface area contributed by atoms with Crippen molar-refractivity contribution in [2.24, 2.45) is 5.92 Å². The molecule has 124 valence electrons. The van der Waals surface area contributed by atoms with Crippen LogP contribution >= 0.6 is 11.3 Å². The lowest BCUT2D eigenvalue weighted by Crippen LogP contribution is -2.50. The molecule has 1 aromatic rings. The standard InChI is InChI=1S/C15H25N3O3S/c1-9(2)12(14(19)21-6)18(5)15(20)16-7-11-8-22-13(17-11)10(3)4/h8-10,12H,7H2,1-6H3,(H,16,20). The number of hydrogen-bond acceptors (Lipinski definition) is 5. The fourth-order valence-corrected chi connectivity index (χ4v) is 2.92. The molecular formula is C15H25N3O3S. The van der Waals surface area contributed by atoms with Crippen LogP contribution in [0.4, 0.5) is 4.79 Å². The van der Waals surface area contributed by atoms with E-state index in [0.29, 0.717) is 12.5 Å². The van der Waals surface area contributed by atoms with Crippen LogP contribution in [0.1, 0.15) is 44.3 Å². The van der Waals surface area contributed by atoms with E-state index in [1.807, 2.05) is 19.2 Å². The Morgan fingerprint density at radius 2 is 2.00 bits per heavy atom. The van der Waals surface area contributed by atoms with Gasteiger partial charge in [0.1, 0.15) is 6.04 Å². The summed E-state index contributed by atoms with van der Waals surface area (Å²) in [5.41, 5.74) is 0.828. The zero-order chi connectivity index (χ0) is 16.9. The molecule has 1 aromatic heterocycles. The maximum atomic E-state index is 12.2. The van der Waals surface area contributed by atoms with Gasteiger partial charge in [0.2, 0.25) is 0 Å². The molecule has 0 fully saturated rings. The monoisotopic (exact) mass is 327 g/mol. The third-order valence-electron chi connectivity index (χ3n) is 3.30. The number of hydrogen-bond donors (Lipinski definition) is 1. The van der Waals surface area contributed by atoms with E-state index in [-0.39, 0.29) is 11.9 Å². The van der Waals surface area contributed by atoms with Crippen LogP contribution in [0.15, 0.2) is 5.38 Å². The second-order valence-corrected chi connectivity index (χ2v) is 6.70. The lowest BCUT2D eigenvalue weighted by molar-refractivity contribution is -0.147. The van der Waals surface area contributed by atoms with Crippen molar-refractivity contribution >= 4 is 23.3 Å². The Morgan fingerprint density at radius 1 is 1.36 bits per heavy atom. The van der Waals surface area contributed by atoms with Crippen molar-refractivity contribution < 1.29 is 14.3 Å². The van der Waals surface area contributed by atoms with Gasteiger partial charge >= 0.3 is 12.0 Å². The molecule has 7 heteroatoms. The van der Waals surface area contributed by atoms with Crippen molar-refractivity contribution in [2.75, 3.05) is 14.2 Å². The van der Waals surface area contributed by atoms with Crippen molar-refractivity contribution in [1.29, 1.82) is 0 Å². The number of esters is 1. The number of nitrogens with zero attached hydrogens (tertiary/aromatic N) is 2. The van der Waals surface area contributed by atoms with Crippen LogP contribution in [0, 0.1) is 5.92 Å². The van der Waals surface area contributed by atoms with E-state index in [0.717, 1.165) is 10.7 Å². The number of aromatic nitrogens is 1. The van der Waals surface area contributed by atoms with E-state index in [9.17, 15) is 9.59 Å². The van der Waals surface area contributed by atoms with Crippen molar-refractivity contribution in [1.82, 2.24) is 15.2 Å². The number of ether oxygens (including phenoxy) is 1. The Labute approximate surface area is 135 Å². The number of methoxy groups -OCH3 is 1. The van der Waals surface area contributed by atoms with Crippen LogP contribution in [-0.2, 0) is 16.1 Å². The highest BCUT2D eigenvalue weighted by Crippen LogP contribution is 2.19. The highest BCUT2D eigenvalue weighted by molar-refractivity contribution is 7.09. The molecular weight excluding hydrogens is 302 g/mol. The average molecular weight is 327 g/mol. The molecule has 1 rings (SSSR count). The van der Waals surface area contributed by atoms with Gasteiger partial charge in [0.15, 0.2) is 0 Å². The summed E-state index contributed by atoms with van der Waals surface area (Å²) >= 11 is 1.59. The van der Waals surface area contributed by atoms with Crippen LogP contribution in [0.5, 0.6) is 0 Å². The minimum atomic E-state index is -0.605. The van der Waals surface area contributed by atoms with E-state index in [2.05, 4.69) is 24.1 Å². The van der Waals surface area contributed by atoms with Gasteiger partial charge in [-0.3, -0.25) is 0 Å². The summed E-state index contributed by atoms with van der Waals surface area (Å²) in [6.07, 6.45) is 0. The highest BCUT2D eigenvalue weighted by Gasteiger charge is 2.30. The van der Waals surface area contributed by atoms with Crippen LogP contribution in [0.3, 0.4) is 0 Å². The van der Waals surface area contributed by atoms with Gasteiger partial charge in [-0.25, -0.2) is 14.6 Å². The predicted octanol–water partition coefficient (Wildman–Crippen LogP) is 2.61. The lowest BCUT2D eigenvalue weighted by atomic mass is 10.0. The molecule has 0 radical (unpaired) electrons. The van der Waals surface area contributed by atoms with E-state index in [1.54, 1.807) is 18.4 Å². The summed E-state index contributed by atoms with van der Waals surface area (Å²) in [5, 5.41) is 5.78. The second kappa shape index (κ2) is 8.12. The Hall–Kier alpha value is -1.63. The Morgan fingerprint density at radius 3 is 2.45 bits per heavy atom. The van der Waals surface area contributed by atoms with Gasteiger partial charge in [-0.15, -0.1) is 11.3 Å². The van der Waals surface area contributed by atoms with Gasteiger partial charge in [-0.2, -0.15) is 0 Å². The minimum absolute atomic E-state index is 0.0324. The molecule has 0 aliphatic rings. The molecule has 1 N–H and O–H groups in total. The number of urea groups is 1. The van der Waals surface area contributed by atoms with Gasteiger partial charge in [0.25, 0.3) is 0 Å². The Kier molecular flexibility index (Phi) is 6.80. The third-order valence-corrected chi connectivity index (χ3v) is 4.49. The zero-order valence-corrected chi connectivity index (χ0v) is 14.9. The van der Waals surface area contributed by atoms with Gasteiger partial charge < -0.3 is 15.0 Å². The predicted molar refractivity (Wildman–Crippen MR) is 86.8 cm³/mol. The van der Waals surface area contributed by atoms with Gasteiger partial charge in [0, 0.05) is 18.3 Å². The van der Waals surface area contributed by atoms with Crippen molar-refractivity contribution in [2.45, 2.75) is 46.2 Å². The zero-order valence-electron chi connectivity index (χ0n) is 14.0. The molecule has 6 nitrogen and oxygen atoms in total. The average Bonchev–Trinajstić information content (AvgIpc) is 2.93. The quantitative estimate of drug-likeness (QED) is 0.815. The summed E-state index contributed by atoms with van der Waals surface area (Å²) in [5.74, 6) is -0.0693. The minimum Gasteiger partial charge on any atom is -0.467 e. The van der Waals surface area contributed by atoms with Crippen molar-refractivity contribution in [3.63, 3.8) is 0 Å². The van der Waals surface area contributed by atoms with Gasteiger partial charge in [-0.1, -0.05) is 27.7 Å². The number of nitrogens with one attached hydrogen (secondary N) is 1. The SMILES string of the molecule is COC(=O)C(C(C)C)N(C)C(=O)NCc1csc(C(C)C)n1. The van der Waals surface area contributed by atoms with E-state index >= 15 is 0 Å². The summed E-state index contributed by atoms with van der Waals surface area (Å²) in [7, 11) is 2.92. The second-order valence-electron chi connectivity index (χ2n) is 5.81. The smallest absolute Gasteiger partial charge is 0.328 e. The van der Waals surface area contributed by atoms with Crippen LogP contribution in [0.2, 0.25) is 0 Å². The first-order valence-corrected chi connectivity index (χ1v) is 8.18. The van der Waals surface area contributed by atoms with E-state index < -0.39 is 12.0 Å². The molecule has 0 saturated carbocycles. The normalized spacial score (nSPS) is 12.4. The van der Waals surface area contributed by atoms with Crippen molar-refractivity contribution in [3.8, 4) is 0 Å². The molecule has 22 heavy (non-hydrogen) atoms. The Bertz CT molecular complexity index is 514. The summed E-state index contributed by atoms with van der Waals surface area (Å²) in [6.45, 7) is 8.26. The molecule has 2 amide bonds. The number of rotatable bonds is 6. The molecule has 0 saturated heterocycles. The summed E-state index contributed by atoms with van der Waals surface area (Å²) < 4.78 is 4.77. The molecule has 1 unspecified atom stereocenters. The fourth-order valence-electron chi connectivity index (χ4n) is 2.08. The van der Waals surface area contributed by atoms with E-state index in [4.69, 9.17) is 4.74 Å². The topological polar surface area (TPSA) is 71.5 Å². The largest absolute Gasteiger partial charge is 0.467 e. The number of amides is 2. The molecule has 0 bridgehead atoms. The first-order valence-electron chi connectivity index (χ1n) is 7.30. The number of thiazole rings is 1. The highest BCUT2D eigenvalue weighted by atomic mass is 32.1. The molecule has 0 aliphatic heterocycles. The van der Waals surface area contributed by atoms with Gasteiger partial charge in [0.05, 0.1) is 24.4 Å². The van der Waals surface area contributed by atoms with Gasteiger partial charge in [-0.05, 0) is 5.92 Å². The first-order chi connectivity index (χ1) is 10.3. The molecule has 0 aliphatic carbocycles. The maximum Gasteiger partial charge on any atom is 0.328 e. The summed E-state index contributed by atoms with van der Waals surface area (Å²) in [6, 6.07) is -0.921. The first kappa shape index (κ1) is 18.4. The maximum absolute atomic E-state index is 12.2. The van der Waals surface area contributed by atoms with E-state index in [1.165, 1.54) is 12.0 Å². The third kappa shape index (κ3) is 4.69. The molecule has 0 spiro atoms. The van der Waals surface area contributed by atoms with Crippen LogP contribution < -0.4 is 5.32 Å². The van der Waals surface area contributed by atoms with Crippen molar-refractivity contribution in [3.05, 3.63) is 16.1 Å². The Balaban J connectivity index is 2.64. The number of likely N-dealkylation sites (N-methyl/N-ethyl adjacent to an activating group) is 1. The van der Waals surface area contributed by atoms with Crippen LogP contribution in [-0.4, -0.2) is 42.1 Å². The molecule has 1 atom stereocenters. The fraction of sp³-hybridized carbons (Fsp3) is 0.667. The number of carbonyl (C=O) groups is 2. The molecule has 1 heterocycles. The summed E-state index contributed by atoms with van der Waals surface area (Å²) in [4.78, 5) is 29.9.